The summed E-state index contributed by atoms with van der Waals surface area (Å²) in [7, 11) is 0. The first-order valence-electron chi connectivity index (χ1n) is 4.59. The van der Waals surface area contributed by atoms with Gasteiger partial charge >= 0.3 is 0 Å². The highest BCUT2D eigenvalue weighted by molar-refractivity contribution is 8.03. The zero-order chi connectivity index (χ0) is 10.5. The second-order valence-corrected chi connectivity index (χ2v) is 5.37. The van der Waals surface area contributed by atoms with Crippen molar-refractivity contribution in [3.63, 3.8) is 0 Å². The van der Waals surface area contributed by atoms with Crippen molar-refractivity contribution in [1.29, 1.82) is 0 Å². The predicted molar refractivity (Wildman–Crippen MR) is 63.9 cm³/mol. The van der Waals surface area contributed by atoms with Crippen molar-refractivity contribution >= 4 is 11.8 Å². The van der Waals surface area contributed by atoms with E-state index in [1.807, 2.05) is 32.5 Å². The van der Waals surface area contributed by atoms with Crippen LogP contribution in [0.4, 0.5) is 0 Å². The van der Waals surface area contributed by atoms with Gasteiger partial charge in [-0.15, -0.1) is 11.8 Å². The van der Waals surface area contributed by atoms with E-state index in [1.54, 1.807) is 0 Å². The maximum Gasteiger partial charge on any atom is 0.0308 e. The van der Waals surface area contributed by atoms with Crippen LogP contribution in [0.3, 0.4) is 0 Å². The Bertz CT molecular complexity index is 189. The van der Waals surface area contributed by atoms with Crippen LogP contribution in [0.5, 0.6) is 0 Å². The summed E-state index contributed by atoms with van der Waals surface area (Å²) in [6, 6.07) is 0. The van der Waals surface area contributed by atoms with Crippen LogP contribution in [0.25, 0.3) is 0 Å². The van der Waals surface area contributed by atoms with Gasteiger partial charge in [-0.2, -0.15) is 0 Å². The second kappa shape index (κ2) is 5.51. The fourth-order valence-corrected chi connectivity index (χ4v) is 1.49. The molecule has 0 amide bonds. The van der Waals surface area contributed by atoms with E-state index in [0.717, 1.165) is 24.2 Å². The first-order chi connectivity index (χ1) is 5.84. The Morgan fingerprint density at radius 3 is 2.31 bits per heavy atom. The molecule has 0 saturated heterocycles. The summed E-state index contributed by atoms with van der Waals surface area (Å²) in [5.74, 6) is 1.12. The van der Waals surface area contributed by atoms with E-state index in [0.29, 0.717) is 0 Å². The molecule has 2 heteroatoms. The topological polar surface area (TPSA) is 26.0 Å². The van der Waals surface area contributed by atoms with Crippen molar-refractivity contribution in [2.45, 2.75) is 39.2 Å². The lowest BCUT2D eigenvalue weighted by atomic mass is 9.93. The first-order valence-corrected chi connectivity index (χ1v) is 5.58. The van der Waals surface area contributed by atoms with Gasteiger partial charge in [-0.05, 0) is 44.3 Å². The molecule has 0 bridgehead atoms. The van der Waals surface area contributed by atoms with Crippen LogP contribution in [0, 0.1) is 0 Å². The molecule has 0 aromatic rings. The number of thioether (sulfide) groups is 1. The number of nitrogens with two attached hydrogens (primary N) is 1. The van der Waals surface area contributed by atoms with Crippen LogP contribution >= 0.6 is 11.8 Å². The molecule has 0 unspecified atom stereocenters. The van der Waals surface area contributed by atoms with Crippen molar-refractivity contribution < 1.29 is 0 Å². The van der Waals surface area contributed by atoms with Gasteiger partial charge in [0.2, 0.25) is 0 Å². The predicted octanol–water partition coefficient (Wildman–Crippen LogP) is 3.33. The fraction of sp³-hybridized carbons (Fsp3) is 0.636. The molecule has 0 rings (SSSR count). The summed E-state index contributed by atoms with van der Waals surface area (Å²) in [5.41, 5.74) is 6.80. The summed E-state index contributed by atoms with van der Waals surface area (Å²) >= 11 is 1.81. The van der Waals surface area contributed by atoms with Crippen LogP contribution in [0.15, 0.2) is 23.6 Å². The highest BCUT2D eigenvalue weighted by Gasteiger charge is 2.14. The first kappa shape index (κ1) is 12.8. The average molecular weight is 199 g/mol. The smallest absolute Gasteiger partial charge is 0.0308 e. The number of allylic oxidation sites excluding steroid dienone is 1. The number of hydrogen-bond acceptors (Lipinski definition) is 2. The maximum absolute atomic E-state index is 5.90. The molecule has 0 fully saturated rings. The molecule has 0 spiro atoms. The molecule has 0 heterocycles. The molecule has 0 aliphatic carbocycles. The average Bonchev–Trinajstić information content (AvgIpc) is 1.95. The third-order valence-electron chi connectivity index (χ3n) is 1.88. The van der Waals surface area contributed by atoms with E-state index in [-0.39, 0.29) is 5.54 Å². The van der Waals surface area contributed by atoms with Crippen molar-refractivity contribution in [2.75, 3.05) is 5.75 Å². The molecule has 0 atom stereocenters. The van der Waals surface area contributed by atoms with E-state index in [2.05, 4.69) is 13.2 Å². The monoisotopic (exact) mass is 199 g/mol. The zero-order valence-electron chi connectivity index (χ0n) is 9.02. The molecule has 1 nitrogen and oxygen atoms in total. The highest BCUT2D eigenvalue weighted by atomic mass is 32.2. The van der Waals surface area contributed by atoms with Gasteiger partial charge < -0.3 is 5.73 Å². The van der Waals surface area contributed by atoms with Gasteiger partial charge in [0.15, 0.2) is 0 Å². The maximum atomic E-state index is 5.90. The normalized spacial score (nSPS) is 11.4. The Balaban J connectivity index is 3.55. The van der Waals surface area contributed by atoms with Crippen LogP contribution in [-0.4, -0.2) is 11.3 Å². The number of hydrogen-bond donors (Lipinski definition) is 1. The Hall–Kier alpha value is -0.210. The Morgan fingerprint density at radius 1 is 1.38 bits per heavy atom. The Kier molecular flexibility index (Phi) is 5.42. The summed E-state index contributed by atoms with van der Waals surface area (Å²) in [6.45, 7) is 13.9. The van der Waals surface area contributed by atoms with E-state index in [9.17, 15) is 0 Å². The summed E-state index contributed by atoms with van der Waals surface area (Å²) in [6.07, 6.45) is 2.15. The molecule has 0 radical (unpaired) electrons. The summed E-state index contributed by atoms with van der Waals surface area (Å²) < 4.78 is 0. The van der Waals surface area contributed by atoms with Crippen LogP contribution < -0.4 is 5.73 Å². The van der Waals surface area contributed by atoms with E-state index in [1.165, 1.54) is 4.91 Å². The third kappa shape index (κ3) is 6.91. The van der Waals surface area contributed by atoms with Crippen LogP contribution in [0.2, 0.25) is 0 Å². The molecule has 0 aromatic carbocycles. The molecule has 13 heavy (non-hydrogen) atoms. The fourth-order valence-electron chi connectivity index (χ4n) is 0.854. The molecule has 0 aliphatic rings. The molecule has 0 saturated carbocycles. The number of rotatable bonds is 6. The van der Waals surface area contributed by atoms with Gasteiger partial charge in [-0.1, -0.05) is 18.7 Å². The molecule has 0 aliphatic heterocycles. The highest BCUT2D eigenvalue weighted by Crippen LogP contribution is 2.19. The van der Waals surface area contributed by atoms with Gasteiger partial charge in [-0.3, -0.25) is 0 Å². The van der Waals surface area contributed by atoms with E-state index in [4.69, 9.17) is 5.73 Å². The quantitative estimate of drug-likeness (QED) is 0.524. The molecule has 76 valence electrons. The van der Waals surface area contributed by atoms with Crippen molar-refractivity contribution in [1.82, 2.24) is 0 Å². The van der Waals surface area contributed by atoms with Crippen molar-refractivity contribution in [3.05, 3.63) is 23.6 Å². The molecular weight excluding hydrogens is 178 g/mol. The minimum Gasteiger partial charge on any atom is -0.322 e. The largest absolute Gasteiger partial charge is 0.322 e. The molecule has 2 N–H and O–H groups in total. The summed E-state index contributed by atoms with van der Waals surface area (Å²) in [5, 5.41) is 0. The lowest BCUT2D eigenvalue weighted by Gasteiger charge is -2.21. The van der Waals surface area contributed by atoms with E-state index >= 15 is 0 Å². The summed E-state index contributed by atoms with van der Waals surface area (Å²) in [4.78, 5) is 1.18. The third-order valence-corrected chi connectivity index (χ3v) is 2.87. The van der Waals surface area contributed by atoms with Crippen LogP contribution in [0.1, 0.15) is 33.6 Å². The van der Waals surface area contributed by atoms with Crippen molar-refractivity contribution in [3.8, 4) is 0 Å². The van der Waals surface area contributed by atoms with Crippen LogP contribution in [-0.2, 0) is 0 Å². The van der Waals surface area contributed by atoms with Gasteiger partial charge in [0.1, 0.15) is 0 Å². The lowest BCUT2D eigenvalue weighted by molar-refractivity contribution is 0.582. The van der Waals surface area contributed by atoms with Gasteiger partial charge in [0.25, 0.3) is 0 Å². The Morgan fingerprint density at radius 2 is 1.92 bits per heavy atom. The van der Waals surface area contributed by atoms with Crippen molar-refractivity contribution in [2.24, 2.45) is 5.73 Å². The molecular formula is C11H21NS. The van der Waals surface area contributed by atoms with E-state index < -0.39 is 0 Å². The molecule has 0 aromatic heterocycles. The SMILES string of the molecule is C=C(C)SCCCC(=C)C(C)(C)N. The Labute approximate surface area is 86.5 Å². The van der Waals surface area contributed by atoms with Gasteiger partial charge in [0.05, 0.1) is 0 Å². The minimum absolute atomic E-state index is 0.228. The zero-order valence-corrected chi connectivity index (χ0v) is 9.84. The lowest BCUT2D eigenvalue weighted by Crippen LogP contribution is -2.33. The van der Waals surface area contributed by atoms with Gasteiger partial charge in [-0.25, -0.2) is 0 Å². The standard InChI is InChI=1S/C11H21NS/c1-9(2)13-8-6-7-10(3)11(4,5)12/h1,3,6-8,12H2,2,4-5H3. The second-order valence-electron chi connectivity index (χ2n) is 3.98. The minimum atomic E-state index is -0.228. The van der Waals surface area contributed by atoms with Gasteiger partial charge in [0, 0.05) is 5.54 Å².